The number of hydrogen-bond donors (Lipinski definition) is 1. The first-order chi connectivity index (χ1) is 8.11. The second-order valence-electron chi connectivity index (χ2n) is 3.89. The normalized spacial score (nSPS) is 12.7. The van der Waals surface area contributed by atoms with E-state index in [0.717, 1.165) is 5.56 Å². The number of aromatic nitrogens is 2. The first-order valence-electron chi connectivity index (χ1n) is 5.46. The highest BCUT2D eigenvalue weighted by atomic mass is 19.1. The summed E-state index contributed by atoms with van der Waals surface area (Å²) in [5.74, 6) is 0.727. The summed E-state index contributed by atoms with van der Waals surface area (Å²) >= 11 is 0. The van der Waals surface area contributed by atoms with Gasteiger partial charge >= 0.3 is 0 Å². The number of halogens is 1. The highest BCUT2D eigenvalue weighted by Crippen LogP contribution is 2.19. The molecular formula is C12H14FN3O. The molecule has 0 aliphatic rings. The molecule has 0 spiro atoms. The van der Waals surface area contributed by atoms with E-state index >= 15 is 0 Å². The average Bonchev–Trinajstić information content (AvgIpc) is 2.80. The second kappa shape index (κ2) is 4.63. The molecule has 17 heavy (non-hydrogen) atoms. The van der Waals surface area contributed by atoms with Crippen LogP contribution in [0.2, 0.25) is 0 Å². The van der Waals surface area contributed by atoms with E-state index in [2.05, 4.69) is 10.1 Å². The lowest BCUT2D eigenvalue weighted by Crippen LogP contribution is -2.14. The largest absolute Gasteiger partial charge is 0.339 e. The van der Waals surface area contributed by atoms with Crippen LogP contribution in [0.3, 0.4) is 0 Å². The summed E-state index contributed by atoms with van der Waals surface area (Å²) in [4.78, 5) is 4.16. The fourth-order valence-corrected chi connectivity index (χ4v) is 1.55. The molecule has 0 aliphatic carbocycles. The highest BCUT2D eigenvalue weighted by Gasteiger charge is 2.16. The minimum atomic E-state index is -0.488. The maximum atomic E-state index is 13.1. The maximum absolute atomic E-state index is 13.1. The lowest BCUT2D eigenvalue weighted by molar-refractivity contribution is 0.375. The Kier molecular flexibility index (Phi) is 3.19. The number of nitrogens with zero attached hydrogens (tertiary/aromatic N) is 2. The van der Waals surface area contributed by atoms with Gasteiger partial charge in [0.15, 0.2) is 5.82 Å². The molecule has 0 saturated heterocycles. The predicted molar refractivity (Wildman–Crippen MR) is 60.8 cm³/mol. The van der Waals surface area contributed by atoms with Crippen molar-refractivity contribution in [2.45, 2.75) is 26.3 Å². The average molecular weight is 235 g/mol. The van der Waals surface area contributed by atoms with Crippen molar-refractivity contribution in [1.29, 1.82) is 0 Å². The van der Waals surface area contributed by atoms with Crippen LogP contribution in [-0.4, -0.2) is 10.1 Å². The van der Waals surface area contributed by atoms with Crippen molar-refractivity contribution < 1.29 is 8.91 Å². The minimum absolute atomic E-state index is 0.247. The lowest BCUT2D eigenvalue weighted by Gasteiger charge is -2.08. The quantitative estimate of drug-likeness (QED) is 0.885. The molecule has 1 atom stereocenters. The van der Waals surface area contributed by atoms with Crippen LogP contribution in [0.4, 0.5) is 4.39 Å². The summed E-state index contributed by atoms with van der Waals surface area (Å²) in [6.45, 7) is 3.62. The summed E-state index contributed by atoms with van der Waals surface area (Å²) in [5, 5.41) is 3.81. The third-order valence-corrected chi connectivity index (χ3v) is 2.61. The van der Waals surface area contributed by atoms with Gasteiger partial charge in [-0.3, -0.25) is 0 Å². The first-order valence-corrected chi connectivity index (χ1v) is 5.46. The molecule has 1 aromatic heterocycles. The van der Waals surface area contributed by atoms with E-state index in [4.69, 9.17) is 10.3 Å². The van der Waals surface area contributed by atoms with Crippen LogP contribution in [0.15, 0.2) is 22.7 Å². The van der Waals surface area contributed by atoms with Gasteiger partial charge in [0.05, 0.1) is 6.04 Å². The zero-order valence-electron chi connectivity index (χ0n) is 9.77. The van der Waals surface area contributed by atoms with Crippen LogP contribution in [0.1, 0.15) is 35.8 Å². The monoisotopic (exact) mass is 235 g/mol. The molecule has 0 aliphatic heterocycles. The molecular weight excluding hydrogens is 221 g/mol. The third-order valence-electron chi connectivity index (χ3n) is 2.61. The Morgan fingerprint density at radius 2 is 2.24 bits per heavy atom. The summed E-state index contributed by atoms with van der Waals surface area (Å²) in [7, 11) is 0. The van der Waals surface area contributed by atoms with Gasteiger partial charge in [0.1, 0.15) is 5.82 Å². The van der Waals surface area contributed by atoms with Crippen molar-refractivity contribution >= 4 is 0 Å². The number of rotatable bonds is 3. The molecule has 0 fully saturated rings. The van der Waals surface area contributed by atoms with E-state index in [0.29, 0.717) is 23.7 Å². The Morgan fingerprint density at radius 3 is 2.82 bits per heavy atom. The van der Waals surface area contributed by atoms with Gasteiger partial charge in [0.2, 0.25) is 5.89 Å². The molecule has 4 nitrogen and oxygen atoms in total. The highest BCUT2D eigenvalue weighted by molar-refractivity contribution is 5.29. The topological polar surface area (TPSA) is 64.9 Å². The Hall–Kier alpha value is -1.75. The van der Waals surface area contributed by atoms with Crippen molar-refractivity contribution in [2.75, 3.05) is 0 Å². The summed E-state index contributed by atoms with van der Waals surface area (Å²) in [6.07, 6.45) is 0.669. The molecule has 90 valence electrons. The summed E-state index contributed by atoms with van der Waals surface area (Å²) in [5.41, 5.74) is 7.32. The van der Waals surface area contributed by atoms with E-state index in [9.17, 15) is 4.39 Å². The standard InChI is InChI=1S/C12H14FN3O/c1-3-10-15-12(16-17-10)11(14)8-4-5-9(13)7(2)6-8/h4-6,11H,3,14H2,1-2H3. The van der Waals surface area contributed by atoms with E-state index in [-0.39, 0.29) is 5.82 Å². The van der Waals surface area contributed by atoms with Gasteiger partial charge in [0.25, 0.3) is 0 Å². The molecule has 0 radical (unpaired) electrons. The zero-order chi connectivity index (χ0) is 12.4. The third kappa shape index (κ3) is 2.34. The van der Waals surface area contributed by atoms with Gasteiger partial charge in [-0.2, -0.15) is 4.98 Å². The Labute approximate surface area is 98.6 Å². The molecule has 1 aromatic carbocycles. The molecule has 0 amide bonds. The maximum Gasteiger partial charge on any atom is 0.226 e. The van der Waals surface area contributed by atoms with E-state index < -0.39 is 6.04 Å². The predicted octanol–water partition coefficient (Wildman–Crippen LogP) is 2.13. The number of hydrogen-bond acceptors (Lipinski definition) is 4. The molecule has 1 unspecified atom stereocenters. The van der Waals surface area contributed by atoms with Gasteiger partial charge in [-0.1, -0.05) is 24.2 Å². The van der Waals surface area contributed by atoms with Crippen molar-refractivity contribution in [1.82, 2.24) is 10.1 Å². The van der Waals surface area contributed by atoms with Crippen molar-refractivity contribution in [3.05, 3.63) is 46.9 Å². The van der Waals surface area contributed by atoms with Crippen molar-refractivity contribution in [3.8, 4) is 0 Å². The molecule has 2 aromatic rings. The van der Waals surface area contributed by atoms with Crippen LogP contribution >= 0.6 is 0 Å². The Balaban J connectivity index is 2.29. The van der Waals surface area contributed by atoms with Gasteiger partial charge in [-0.15, -0.1) is 0 Å². The smallest absolute Gasteiger partial charge is 0.226 e. The Morgan fingerprint density at radius 1 is 1.47 bits per heavy atom. The van der Waals surface area contributed by atoms with Crippen molar-refractivity contribution in [2.24, 2.45) is 5.73 Å². The number of nitrogens with two attached hydrogens (primary N) is 1. The lowest BCUT2D eigenvalue weighted by atomic mass is 10.0. The SMILES string of the molecule is CCc1nc(C(N)c2ccc(F)c(C)c2)no1. The first kappa shape index (κ1) is 11.7. The molecule has 0 bridgehead atoms. The zero-order valence-corrected chi connectivity index (χ0v) is 9.77. The van der Waals surface area contributed by atoms with E-state index in [1.807, 2.05) is 6.92 Å². The molecule has 2 N–H and O–H groups in total. The van der Waals surface area contributed by atoms with Crippen LogP contribution in [0.25, 0.3) is 0 Å². The van der Waals surface area contributed by atoms with Crippen molar-refractivity contribution in [3.63, 3.8) is 0 Å². The molecule has 5 heteroatoms. The van der Waals surface area contributed by atoms with Crippen LogP contribution in [-0.2, 0) is 6.42 Å². The van der Waals surface area contributed by atoms with E-state index in [1.165, 1.54) is 6.07 Å². The molecule has 1 heterocycles. The summed E-state index contributed by atoms with van der Waals surface area (Å²) < 4.78 is 18.1. The van der Waals surface area contributed by atoms with Crippen LogP contribution in [0.5, 0.6) is 0 Å². The fraction of sp³-hybridized carbons (Fsp3) is 0.333. The van der Waals surface area contributed by atoms with Gasteiger partial charge in [-0.25, -0.2) is 4.39 Å². The second-order valence-corrected chi connectivity index (χ2v) is 3.89. The fourth-order valence-electron chi connectivity index (χ4n) is 1.55. The molecule has 0 saturated carbocycles. The van der Waals surface area contributed by atoms with Gasteiger partial charge < -0.3 is 10.3 Å². The van der Waals surface area contributed by atoms with Gasteiger partial charge in [0, 0.05) is 6.42 Å². The van der Waals surface area contributed by atoms with Crippen LogP contribution < -0.4 is 5.73 Å². The van der Waals surface area contributed by atoms with Crippen LogP contribution in [0, 0.1) is 12.7 Å². The summed E-state index contributed by atoms with van der Waals surface area (Å²) in [6, 6.07) is 4.24. The Bertz CT molecular complexity index is 524. The number of benzene rings is 1. The minimum Gasteiger partial charge on any atom is -0.339 e. The van der Waals surface area contributed by atoms with Gasteiger partial charge in [-0.05, 0) is 24.1 Å². The molecule has 2 rings (SSSR count). The van der Waals surface area contributed by atoms with E-state index in [1.54, 1.807) is 19.1 Å². The number of aryl methyl sites for hydroxylation is 2.